The molecule has 4 aromatic heterocycles. The minimum absolute atomic E-state index is 0.367. The third-order valence-electron chi connectivity index (χ3n) is 5.88. The lowest BCUT2D eigenvalue weighted by molar-refractivity contribution is 0.454. The van der Waals surface area contributed by atoms with Crippen LogP contribution in [0, 0.1) is 6.92 Å². The van der Waals surface area contributed by atoms with Gasteiger partial charge in [0.25, 0.3) is 0 Å². The van der Waals surface area contributed by atoms with Crippen molar-refractivity contribution in [2.24, 2.45) is 0 Å². The predicted octanol–water partition coefficient (Wildman–Crippen LogP) is 4.17. The lowest BCUT2D eigenvalue weighted by Gasteiger charge is -2.22. The summed E-state index contributed by atoms with van der Waals surface area (Å²) in [6.45, 7) is 8.73. The summed E-state index contributed by atoms with van der Waals surface area (Å²) in [7, 11) is 0. The molecule has 0 amide bonds. The quantitative estimate of drug-likeness (QED) is 0.565. The highest BCUT2D eigenvalue weighted by Crippen LogP contribution is 2.36. The molecular weight excluding hydrogens is 348 g/mol. The fraction of sp³-hybridized carbons (Fsp3) is 0.409. The van der Waals surface area contributed by atoms with Gasteiger partial charge in [-0.3, -0.25) is 4.98 Å². The maximum atomic E-state index is 5.15. The van der Waals surface area contributed by atoms with Crippen LogP contribution >= 0.6 is 0 Å². The molecule has 0 radical (unpaired) electrons. The van der Waals surface area contributed by atoms with E-state index in [1.165, 1.54) is 11.3 Å². The first-order valence-electron chi connectivity index (χ1n) is 10.2. The Balaban J connectivity index is 1.68. The molecule has 2 N–H and O–H groups in total. The Bertz CT molecular complexity index is 1150. The van der Waals surface area contributed by atoms with Gasteiger partial charge < -0.3 is 10.3 Å². The van der Waals surface area contributed by atoms with Crippen molar-refractivity contribution in [1.29, 1.82) is 0 Å². The number of hydrogen-bond donors (Lipinski definition) is 2. The van der Waals surface area contributed by atoms with Crippen LogP contribution in [0.4, 0.5) is 0 Å². The van der Waals surface area contributed by atoms with Gasteiger partial charge in [-0.1, -0.05) is 13.8 Å². The lowest BCUT2D eigenvalue weighted by Crippen LogP contribution is -2.27. The molecule has 4 aromatic rings. The molecule has 0 atom stereocenters. The summed E-state index contributed by atoms with van der Waals surface area (Å²) in [5.41, 5.74) is 9.00. The monoisotopic (exact) mass is 374 g/mol. The second-order valence-electron chi connectivity index (χ2n) is 8.16. The summed E-state index contributed by atoms with van der Waals surface area (Å²) < 4.78 is 1.86. The Morgan fingerprint density at radius 1 is 1.18 bits per heavy atom. The highest BCUT2D eigenvalue weighted by atomic mass is 15.3. The Kier molecular flexibility index (Phi) is 4.16. The van der Waals surface area contributed by atoms with Gasteiger partial charge in [0.1, 0.15) is 6.33 Å². The number of nitrogens with zero attached hydrogens (tertiary/aromatic N) is 4. The van der Waals surface area contributed by atoms with Crippen molar-refractivity contribution in [1.82, 2.24) is 29.9 Å². The van der Waals surface area contributed by atoms with Gasteiger partial charge in [0, 0.05) is 28.9 Å². The molecule has 5 rings (SSSR count). The number of aromatic amines is 1. The molecule has 0 bridgehead atoms. The van der Waals surface area contributed by atoms with E-state index in [0.29, 0.717) is 11.8 Å². The molecular formula is C22H26N6. The van der Waals surface area contributed by atoms with E-state index in [2.05, 4.69) is 65.6 Å². The van der Waals surface area contributed by atoms with Gasteiger partial charge in [0.15, 0.2) is 5.65 Å². The average Bonchev–Trinajstić information content (AvgIpc) is 3.32. The van der Waals surface area contributed by atoms with Gasteiger partial charge in [-0.25, -0.2) is 9.50 Å². The predicted molar refractivity (Wildman–Crippen MR) is 112 cm³/mol. The van der Waals surface area contributed by atoms with E-state index < -0.39 is 0 Å². The summed E-state index contributed by atoms with van der Waals surface area (Å²) in [6.07, 6.45) is 5.98. The third-order valence-corrected chi connectivity index (χ3v) is 5.88. The van der Waals surface area contributed by atoms with Gasteiger partial charge in [0.2, 0.25) is 0 Å². The first-order valence-corrected chi connectivity index (χ1v) is 10.2. The fourth-order valence-electron chi connectivity index (χ4n) is 4.47. The van der Waals surface area contributed by atoms with Gasteiger partial charge >= 0.3 is 0 Å². The van der Waals surface area contributed by atoms with Crippen molar-refractivity contribution in [2.45, 2.75) is 45.4 Å². The molecule has 1 fully saturated rings. The van der Waals surface area contributed by atoms with Gasteiger partial charge in [-0.05, 0) is 62.5 Å². The van der Waals surface area contributed by atoms with Crippen LogP contribution in [0.2, 0.25) is 0 Å². The molecule has 1 aliphatic heterocycles. The summed E-state index contributed by atoms with van der Waals surface area (Å²) in [6, 6.07) is 6.60. The van der Waals surface area contributed by atoms with Crippen LogP contribution in [0.25, 0.3) is 27.9 Å². The summed E-state index contributed by atoms with van der Waals surface area (Å²) >= 11 is 0. The topological polar surface area (TPSA) is 70.9 Å². The number of fused-ring (bicyclic) bond motifs is 2. The van der Waals surface area contributed by atoms with Crippen molar-refractivity contribution in [3.05, 3.63) is 47.5 Å². The SMILES string of the molecule is Cc1cc(-c2[nH]c3ccc(C4CCNCC4)nc3c2C(C)C)cn2ncnc12. The number of nitrogens with one attached hydrogen (secondary N) is 2. The zero-order valence-corrected chi connectivity index (χ0v) is 16.7. The number of hydrogen-bond acceptors (Lipinski definition) is 4. The van der Waals surface area contributed by atoms with Crippen molar-refractivity contribution in [3.63, 3.8) is 0 Å². The van der Waals surface area contributed by atoms with Gasteiger partial charge in [-0.2, -0.15) is 5.10 Å². The second kappa shape index (κ2) is 6.71. The zero-order valence-electron chi connectivity index (χ0n) is 16.7. The van der Waals surface area contributed by atoms with E-state index in [4.69, 9.17) is 4.98 Å². The Morgan fingerprint density at radius 3 is 2.79 bits per heavy atom. The maximum Gasteiger partial charge on any atom is 0.158 e. The smallest absolute Gasteiger partial charge is 0.158 e. The Morgan fingerprint density at radius 2 is 2.00 bits per heavy atom. The number of pyridine rings is 2. The van der Waals surface area contributed by atoms with E-state index in [-0.39, 0.29) is 0 Å². The molecule has 1 saturated heterocycles. The standard InChI is InChI=1S/C22H26N6/c1-13(2)19-20(16-10-14(3)22-24-12-25-28(22)11-16)27-18-5-4-17(26-21(18)19)15-6-8-23-9-7-15/h4-5,10-13,15,23,27H,6-9H2,1-3H3. The molecule has 1 aliphatic rings. The molecule has 0 aromatic carbocycles. The van der Waals surface area contributed by atoms with Crippen LogP contribution in [-0.4, -0.2) is 37.7 Å². The highest BCUT2D eigenvalue weighted by molar-refractivity contribution is 5.88. The molecule has 5 heterocycles. The Labute approximate surface area is 164 Å². The summed E-state index contributed by atoms with van der Waals surface area (Å²) in [5, 5.41) is 7.79. The largest absolute Gasteiger partial charge is 0.353 e. The van der Waals surface area contributed by atoms with Crippen molar-refractivity contribution >= 4 is 16.7 Å². The maximum absolute atomic E-state index is 5.15. The van der Waals surface area contributed by atoms with E-state index >= 15 is 0 Å². The van der Waals surface area contributed by atoms with Crippen LogP contribution in [0.5, 0.6) is 0 Å². The summed E-state index contributed by atoms with van der Waals surface area (Å²) in [4.78, 5) is 13.1. The van der Waals surface area contributed by atoms with E-state index in [0.717, 1.165) is 59.4 Å². The van der Waals surface area contributed by atoms with Gasteiger partial charge in [-0.15, -0.1) is 0 Å². The average molecular weight is 374 g/mol. The first-order chi connectivity index (χ1) is 13.6. The van der Waals surface area contributed by atoms with Crippen molar-refractivity contribution < 1.29 is 0 Å². The molecule has 0 saturated carbocycles. The molecule has 0 unspecified atom stereocenters. The molecule has 28 heavy (non-hydrogen) atoms. The lowest BCUT2D eigenvalue weighted by atomic mass is 9.93. The zero-order chi connectivity index (χ0) is 19.3. The number of aromatic nitrogens is 5. The summed E-state index contributed by atoms with van der Waals surface area (Å²) in [5.74, 6) is 0.920. The first kappa shape index (κ1) is 17.4. The van der Waals surface area contributed by atoms with Gasteiger partial charge in [0.05, 0.1) is 16.7 Å². The van der Waals surface area contributed by atoms with Crippen LogP contribution in [0.1, 0.15) is 55.3 Å². The number of H-pyrrole nitrogens is 1. The minimum Gasteiger partial charge on any atom is -0.353 e. The molecule has 144 valence electrons. The number of piperidine rings is 1. The van der Waals surface area contributed by atoms with E-state index in [9.17, 15) is 0 Å². The van der Waals surface area contributed by atoms with E-state index in [1.807, 2.05) is 4.52 Å². The molecule has 6 nitrogen and oxygen atoms in total. The number of rotatable bonds is 3. The molecule has 0 spiro atoms. The normalized spacial score (nSPS) is 15.9. The highest BCUT2D eigenvalue weighted by Gasteiger charge is 2.21. The minimum atomic E-state index is 0.367. The van der Waals surface area contributed by atoms with Crippen LogP contribution in [0.3, 0.4) is 0 Å². The molecule has 0 aliphatic carbocycles. The number of aryl methyl sites for hydroxylation is 1. The Hall–Kier alpha value is -2.73. The van der Waals surface area contributed by atoms with Crippen molar-refractivity contribution in [3.8, 4) is 11.3 Å². The fourth-order valence-corrected chi connectivity index (χ4v) is 4.47. The van der Waals surface area contributed by atoms with Crippen LogP contribution < -0.4 is 5.32 Å². The van der Waals surface area contributed by atoms with Crippen molar-refractivity contribution in [2.75, 3.05) is 13.1 Å². The molecule has 6 heteroatoms. The second-order valence-corrected chi connectivity index (χ2v) is 8.16. The van der Waals surface area contributed by atoms with E-state index in [1.54, 1.807) is 6.33 Å². The van der Waals surface area contributed by atoms with Crippen LogP contribution in [0.15, 0.2) is 30.7 Å². The van der Waals surface area contributed by atoms with Crippen LogP contribution in [-0.2, 0) is 0 Å². The third kappa shape index (κ3) is 2.79.